The molecule has 0 unspecified atom stereocenters. The molecule has 1 rings (SSSR count). The van der Waals surface area contributed by atoms with E-state index in [1.54, 1.807) is 0 Å². The molecule has 0 saturated heterocycles. The zero-order valence-electron chi connectivity index (χ0n) is 9.29. The Morgan fingerprint density at radius 1 is 1.38 bits per heavy atom. The number of terminal acetylenes is 1. The first-order chi connectivity index (χ1) is 7.60. The lowest BCUT2D eigenvalue weighted by atomic mass is 9.76. The number of carboxylic acids is 1. The van der Waals surface area contributed by atoms with Crippen LogP contribution in [-0.2, 0) is 9.59 Å². The van der Waals surface area contributed by atoms with E-state index in [4.69, 9.17) is 11.5 Å². The van der Waals surface area contributed by atoms with E-state index in [2.05, 4.69) is 11.2 Å². The number of amides is 1. The lowest BCUT2D eigenvalue weighted by Crippen LogP contribution is -2.59. The van der Waals surface area contributed by atoms with E-state index in [-0.39, 0.29) is 5.91 Å². The van der Waals surface area contributed by atoms with E-state index in [0.29, 0.717) is 32.1 Å². The Morgan fingerprint density at radius 2 is 2.06 bits per heavy atom. The van der Waals surface area contributed by atoms with Crippen LogP contribution in [0.25, 0.3) is 0 Å². The SMILES string of the molecule is C#CCCCCC(=O)NC1(C(=O)O)CCC1. The molecule has 1 aliphatic rings. The van der Waals surface area contributed by atoms with Gasteiger partial charge in [0, 0.05) is 12.8 Å². The summed E-state index contributed by atoms with van der Waals surface area (Å²) in [5.74, 6) is 1.40. The molecule has 88 valence electrons. The second kappa shape index (κ2) is 5.55. The average molecular weight is 223 g/mol. The molecule has 0 aliphatic heterocycles. The van der Waals surface area contributed by atoms with Crippen LogP contribution in [0.3, 0.4) is 0 Å². The molecule has 0 heterocycles. The fourth-order valence-electron chi connectivity index (χ4n) is 1.76. The first-order valence-electron chi connectivity index (χ1n) is 5.58. The second-order valence-electron chi connectivity index (χ2n) is 4.20. The van der Waals surface area contributed by atoms with Crippen LogP contribution in [0.15, 0.2) is 0 Å². The van der Waals surface area contributed by atoms with E-state index in [0.717, 1.165) is 12.8 Å². The van der Waals surface area contributed by atoms with Crippen molar-refractivity contribution in [3.05, 3.63) is 0 Å². The Morgan fingerprint density at radius 3 is 2.50 bits per heavy atom. The lowest BCUT2D eigenvalue weighted by molar-refractivity contribution is -0.151. The van der Waals surface area contributed by atoms with Gasteiger partial charge in [-0.1, -0.05) is 0 Å². The highest BCUT2D eigenvalue weighted by atomic mass is 16.4. The second-order valence-corrected chi connectivity index (χ2v) is 4.20. The number of hydrogen-bond acceptors (Lipinski definition) is 2. The maximum Gasteiger partial charge on any atom is 0.329 e. The molecule has 1 amide bonds. The fraction of sp³-hybridized carbons (Fsp3) is 0.667. The van der Waals surface area contributed by atoms with Crippen molar-refractivity contribution in [2.45, 2.75) is 50.5 Å². The van der Waals surface area contributed by atoms with Gasteiger partial charge in [0.15, 0.2) is 0 Å². The third-order valence-corrected chi connectivity index (χ3v) is 2.97. The van der Waals surface area contributed by atoms with Gasteiger partial charge in [-0.15, -0.1) is 12.3 Å². The molecule has 0 bridgehead atoms. The number of carboxylic acid groups (broad SMARTS) is 1. The van der Waals surface area contributed by atoms with Crippen LogP contribution in [-0.4, -0.2) is 22.5 Å². The van der Waals surface area contributed by atoms with Crippen molar-refractivity contribution in [2.75, 3.05) is 0 Å². The van der Waals surface area contributed by atoms with Crippen LogP contribution in [0.5, 0.6) is 0 Å². The number of carbonyl (C=O) groups excluding carboxylic acids is 1. The van der Waals surface area contributed by atoms with E-state index in [9.17, 15) is 9.59 Å². The maximum atomic E-state index is 11.5. The number of unbranched alkanes of at least 4 members (excludes halogenated alkanes) is 2. The van der Waals surface area contributed by atoms with Gasteiger partial charge < -0.3 is 10.4 Å². The zero-order valence-corrected chi connectivity index (χ0v) is 9.29. The van der Waals surface area contributed by atoms with Gasteiger partial charge in [0.2, 0.25) is 5.91 Å². The molecule has 0 aromatic carbocycles. The Kier molecular flexibility index (Phi) is 4.36. The molecule has 0 spiro atoms. The molecule has 0 aromatic heterocycles. The first kappa shape index (κ1) is 12.6. The summed E-state index contributed by atoms with van der Waals surface area (Å²) in [6, 6.07) is 0. The van der Waals surface area contributed by atoms with Crippen molar-refractivity contribution in [3.63, 3.8) is 0 Å². The Bertz CT molecular complexity index is 313. The van der Waals surface area contributed by atoms with E-state index >= 15 is 0 Å². The van der Waals surface area contributed by atoms with E-state index in [1.165, 1.54) is 0 Å². The van der Waals surface area contributed by atoms with Crippen molar-refractivity contribution in [3.8, 4) is 12.3 Å². The predicted octanol–water partition coefficient (Wildman–Crippen LogP) is 1.30. The first-order valence-corrected chi connectivity index (χ1v) is 5.58. The van der Waals surface area contributed by atoms with Gasteiger partial charge in [0.1, 0.15) is 5.54 Å². The molecule has 4 nitrogen and oxygen atoms in total. The highest BCUT2D eigenvalue weighted by Crippen LogP contribution is 2.32. The predicted molar refractivity (Wildman–Crippen MR) is 59.7 cm³/mol. The summed E-state index contributed by atoms with van der Waals surface area (Å²) in [5.41, 5.74) is -0.983. The monoisotopic (exact) mass is 223 g/mol. The van der Waals surface area contributed by atoms with Gasteiger partial charge in [-0.05, 0) is 32.1 Å². The van der Waals surface area contributed by atoms with Crippen LogP contribution >= 0.6 is 0 Å². The smallest absolute Gasteiger partial charge is 0.329 e. The van der Waals surface area contributed by atoms with Crippen LogP contribution in [0.1, 0.15) is 44.9 Å². The van der Waals surface area contributed by atoms with Gasteiger partial charge in [-0.2, -0.15) is 0 Å². The molecular weight excluding hydrogens is 206 g/mol. The van der Waals surface area contributed by atoms with Crippen molar-refractivity contribution < 1.29 is 14.7 Å². The van der Waals surface area contributed by atoms with Gasteiger partial charge in [0.25, 0.3) is 0 Å². The number of hydrogen-bond donors (Lipinski definition) is 2. The molecule has 16 heavy (non-hydrogen) atoms. The van der Waals surface area contributed by atoms with Crippen LogP contribution in [0.4, 0.5) is 0 Å². The molecule has 0 aromatic rings. The van der Waals surface area contributed by atoms with Gasteiger partial charge in [-0.25, -0.2) is 4.79 Å². The largest absolute Gasteiger partial charge is 0.480 e. The van der Waals surface area contributed by atoms with E-state index < -0.39 is 11.5 Å². The Hall–Kier alpha value is -1.50. The molecular formula is C12H17NO3. The van der Waals surface area contributed by atoms with Crippen molar-refractivity contribution >= 4 is 11.9 Å². The van der Waals surface area contributed by atoms with Crippen molar-refractivity contribution in [1.29, 1.82) is 0 Å². The standard InChI is InChI=1S/C12H17NO3/c1-2-3-4-5-7-10(14)13-12(11(15)16)8-6-9-12/h1H,3-9H2,(H,13,14)(H,15,16). The number of nitrogens with one attached hydrogen (secondary N) is 1. The average Bonchev–Trinajstić information content (AvgIpc) is 2.18. The summed E-state index contributed by atoms with van der Waals surface area (Å²) in [7, 11) is 0. The minimum absolute atomic E-state index is 0.181. The third kappa shape index (κ3) is 2.99. The summed E-state index contributed by atoms with van der Waals surface area (Å²) >= 11 is 0. The minimum Gasteiger partial charge on any atom is -0.480 e. The fourth-order valence-corrected chi connectivity index (χ4v) is 1.76. The summed E-state index contributed by atoms with van der Waals surface area (Å²) in [6.07, 6.45) is 9.58. The number of rotatable bonds is 6. The van der Waals surface area contributed by atoms with Gasteiger partial charge >= 0.3 is 5.97 Å². The van der Waals surface area contributed by atoms with Crippen molar-refractivity contribution in [2.24, 2.45) is 0 Å². The normalized spacial score (nSPS) is 16.9. The molecule has 1 aliphatic carbocycles. The molecule has 0 atom stereocenters. The van der Waals surface area contributed by atoms with Gasteiger partial charge in [0.05, 0.1) is 0 Å². The molecule has 1 fully saturated rings. The summed E-state index contributed by atoms with van der Waals surface area (Å²) < 4.78 is 0. The maximum absolute atomic E-state index is 11.5. The third-order valence-electron chi connectivity index (χ3n) is 2.97. The lowest BCUT2D eigenvalue weighted by Gasteiger charge is -2.38. The van der Waals surface area contributed by atoms with Crippen LogP contribution in [0, 0.1) is 12.3 Å². The van der Waals surface area contributed by atoms with Gasteiger partial charge in [-0.3, -0.25) is 4.79 Å². The van der Waals surface area contributed by atoms with Crippen molar-refractivity contribution in [1.82, 2.24) is 5.32 Å². The topological polar surface area (TPSA) is 66.4 Å². The molecule has 1 saturated carbocycles. The summed E-state index contributed by atoms with van der Waals surface area (Å²) in [5, 5.41) is 11.6. The highest BCUT2D eigenvalue weighted by molar-refractivity contribution is 5.87. The Balaban J connectivity index is 2.28. The van der Waals surface area contributed by atoms with E-state index in [1.807, 2.05) is 0 Å². The minimum atomic E-state index is -0.983. The molecule has 4 heteroatoms. The number of carbonyl (C=O) groups is 2. The molecule has 0 radical (unpaired) electrons. The quantitative estimate of drug-likeness (QED) is 0.527. The molecule has 2 N–H and O–H groups in total. The highest BCUT2D eigenvalue weighted by Gasteiger charge is 2.45. The summed E-state index contributed by atoms with van der Waals surface area (Å²) in [4.78, 5) is 22.5. The van der Waals surface area contributed by atoms with Crippen LogP contribution < -0.4 is 5.32 Å². The Labute approximate surface area is 95.4 Å². The summed E-state index contributed by atoms with van der Waals surface area (Å²) in [6.45, 7) is 0. The van der Waals surface area contributed by atoms with Crippen LogP contribution in [0.2, 0.25) is 0 Å². The zero-order chi connectivity index (χ0) is 12.0. The number of aliphatic carboxylic acids is 1.